The lowest BCUT2D eigenvalue weighted by molar-refractivity contribution is -0.147. The normalized spacial score (nSPS) is 18.1. The number of benzene rings is 2. The van der Waals surface area contributed by atoms with Crippen LogP contribution >= 0.6 is 11.8 Å². The number of methoxy groups -OCH3 is 1. The predicted molar refractivity (Wildman–Crippen MR) is 162 cm³/mol. The highest BCUT2D eigenvalue weighted by molar-refractivity contribution is 8.00. The molecule has 2 aromatic carbocycles. The Morgan fingerprint density at radius 3 is 2.31 bits per heavy atom. The molecule has 0 bridgehead atoms. The molecule has 11 heteroatoms. The molecular formula is C31H42N4O6S. The highest BCUT2D eigenvalue weighted by atomic mass is 32.2. The van der Waals surface area contributed by atoms with Gasteiger partial charge in [0.1, 0.15) is 12.1 Å². The Labute approximate surface area is 252 Å². The molecule has 42 heavy (non-hydrogen) atoms. The molecule has 4 N–H and O–H groups in total. The van der Waals surface area contributed by atoms with Crippen LogP contribution in [0.1, 0.15) is 44.4 Å². The molecule has 4 amide bonds. The lowest BCUT2D eigenvalue weighted by Crippen LogP contribution is -2.60. The van der Waals surface area contributed by atoms with E-state index in [1.54, 1.807) is 13.8 Å². The average Bonchev–Trinajstić information content (AvgIpc) is 3.28. The van der Waals surface area contributed by atoms with Gasteiger partial charge in [-0.1, -0.05) is 68.4 Å². The van der Waals surface area contributed by atoms with E-state index < -0.39 is 46.9 Å². The number of ether oxygens (including phenoxy) is 1. The van der Waals surface area contributed by atoms with Crippen molar-refractivity contribution in [2.45, 2.75) is 76.6 Å². The minimum absolute atomic E-state index is 0.139. The Balaban J connectivity index is 1.80. The van der Waals surface area contributed by atoms with Crippen LogP contribution in [0.5, 0.6) is 0 Å². The number of nitrogens with zero attached hydrogens (tertiary/aromatic N) is 1. The minimum Gasteiger partial charge on any atom is -0.467 e. The van der Waals surface area contributed by atoms with Gasteiger partial charge in [0.15, 0.2) is 6.10 Å². The first-order valence-corrected chi connectivity index (χ1v) is 15.0. The van der Waals surface area contributed by atoms with E-state index in [9.17, 15) is 24.3 Å². The van der Waals surface area contributed by atoms with E-state index >= 15 is 0 Å². The molecule has 10 nitrogen and oxygen atoms in total. The summed E-state index contributed by atoms with van der Waals surface area (Å²) in [4.78, 5) is 53.9. The molecule has 0 aliphatic carbocycles. The zero-order valence-corrected chi connectivity index (χ0v) is 25.9. The first kappa shape index (κ1) is 32.9. The Kier molecular flexibility index (Phi) is 11.4. The number of thioether (sulfide) groups is 1. The van der Waals surface area contributed by atoms with E-state index in [4.69, 9.17) is 4.74 Å². The SMILES string of the molecule is COC(=O)C(NC(=O)N[C@@H](Cc1ccccc1)[C@H](O)C(=O)N1CSC(C)(C)[C@H]1C(=O)NCc1ccccc1C)C(C)C. The standard InChI is InChI=1S/C31H42N4O6S/c1-19(2)24(29(39)41-6)34-30(40)33-23(16-21-13-8-7-9-14-21)25(36)28(38)35-18-42-31(4,5)26(35)27(37)32-17-22-15-11-10-12-20(22)3/h7-15,19,23-26,36H,16-18H2,1-6H3,(H,32,37)(H2,33,34,40)/t23-,24?,25-,26+/m0/s1. The van der Waals surface area contributed by atoms with Crippen LogP contribution in [0.2, 0.25) is 0 Å². The maximum atomic E-state index is 13.8. The topological polar surface area (TPSA) is 137 Å². The van der Waals surface area contributed by atoms with E-state index in [0.29, 0.717) is 6.54 Å². The zero-order chi connectivity index (χ0) is 31.0. The third kappa shape index (κ3) is 8.25. The van der Waals surface area contributed by atoms with Crippen molar-refractivity contribution < 1.29 is 29.0 Å². The van der Waals surface area contributed by atoms with Crippen molar-refractivity contribution in [3.05, 3.63) is 71.3 Å². The second kappa shape index (κ2) is 14.6. The number of aryl methyl sites for hydroxylation is 1. The molecule has 1 fully saturated rings. The van der Waals surface area contributed by atoms with Crippen molar-refractivity contribution in [1.29, 1.82) is 0 Å². The van der Waals surface area contributed by atoms with Crippen molar-refractivity contribution in [1.82, 2.24) is 20.9 Å². The van der Waals surface area contributed by atoms with Gasteiger partial charge >= 0.3 is 12.0 Å². The molecule has 0 aromatic heterocycles. The lowest BCUT2D eigenvalue weighted by atomic mass is 9.97. The summed E-state index contributed by atoms with van der Waals surface area (Å²) in [5.74, 6) is -1.65. The highest BCUT2D eigenvalue weighted by Gasteiger charge is 2.49. The first-order valence-electron chi connectivity index (χ1n) is 14.0. The Morgan fingerprint density at radius 2 is 1.69 bits per heavy atom. The van der Waals surface area contributed by atoms with Gasteiger partial charge < -0.3 is 30.7 Å². The number of carbonyl (C=O) groups excluding carboxylic acids is 4. The number of hydrogen-bond donors (Lipinski definition) is 4. The number of nitrogens with one attached hydrogen (secondary N) is 3. The molecule has 0 spiro atoms. The molecule has 1 heterocycles. The second-order valence-electron chi connectivity index (χ2n) is 11.3. The molecule has 1 unspecified atom stereocenters. The average molecular weight is 599 g/mol. The number of carbonyl (C=O) groups is 4. The Bertz CT molecular complexity index is 1250. The molecule has 4 atom stereocenters. The summed E-state index contributed by atoms with van der Waals surface area (Å²) in [5, 5.41) is 19.6. The van der Waals surface area contributed by atoms with Crippen molar-refractivity contribution in [2.75, 3.05) is 13.0 Å². The number of aliphatic hydroxyl groups excluding tert-OH is 1. The van der Waals surface area contributed by atoms with Gasteiger partial charge in [-0.25, -0.2) is 9.59 Å². The van der Waals surface area contributed by atoms with Gasteiger partial charge in [0.25, 0.3) is 5.91 Å². The van der Waals surface area contributed by atoms with Crippen LogP contribution in [0.25, 0.3) is 0 Å². The third-order valence-corrected chi connectivity index (χ3v) is 8.82. The summed E-state index contributed by atoms with van der Waals surface area (Å²) in [6.07, 6.45) is -1.52. The van der Waals surface area contributed by atoms with Crippen LogP contribution in [0.15, 0.2) is 54.6 Å². The van der Waals surface area contributed by atoms with E-state index in [2.05, 4.69) is 16.0 Å². The van der Waals surface area contributed by atoms with Gasteiger partial charge in [0.05, 0.1) is 19.0 Å². The van der Waals surface area contributed by atoms with Crippen molar-refractivity contribution in [3.63, 3.8) is 0 Å². The van der Waals surface area contributed by atoms with Crippen molar-refractivity contribution in [2.24, 2.45) is 5.92 Å². The summed E-state index contributed by atoms with van der Waals surface area (Å²) < 4.78 is 4.19. The largest absolute Gasteiger partial charge is 0.467 e. The van der Waals surface area contributed by atoms with E-state index in [0.717, 1.165) is 16.7 Å². The number of rotatable bonds is 11. The lowest BCUT2D eigenvalue weighted by Gasteiger charge is -2.33. The van der Waals surface area contributed by atoms with Crippen molar-refractivity contribution in [3.8, 4) is 0 Å². The van der Waals surface area contributed by atoms with Crippen molar-refractivity contribution >= 4 is 35.6 Å². The molecule has 1 aliphatic heterocycles. The quantitative estimate of drug-likeness (QED) is 0.292. The Morgan fingerprint density at radius 1 is 1.05 bits per heavy atom. The van der Waals surface area contributed by atoms with Crippen LogP contribution in [0, 0.1) is 12.8 Å². The van der Waals surface area contributed by atoms with Gasteiger partial charge in [-0.05, 0) is 49.8 Å². The maximum absolute atomic E-state index is 13.8. The fourth-order valence-corrected chi connectivity index (χ4v) is 6.07. The monoisotopic (exact) mass is 598 g/mol. The number of esters is 1. The third-order valence-electron chi connectivity index (χ3n) is 7.45. The highest BCUT2D eigenvalue weighted by Crippen LogP contribution is 2.40. The summed E-state index contributed by atoms with van der Waals surface area (Å²) in [6, 6.07) is 13.3. The molecular weight excluding hydrogens is 556 g/mol. The predicted octanol–water partition coefficient (Wildman–Crippen LogP) is 2.76. The second-order valence-corrected chi connectivity index (χ2v) is 12.9. The fourth-order valence-electron chi connectivity index (χ4n) is 4.93. The summed E-state index contributed by atoms with van der Waals surface area (Å²) in [5.41, 5.74) is 2.80. The number of urea groups is 1. The zero-order valence-electron chi connectivity index (χ0n) is 25.0. The van der Waals surface area contributed by atoms with Gasteiger partial charge in [-0.3, -0.25) is 9.59 Å². The van der Waals surface area contributed by atoms with E-state index in [-0.39, 0.29) is 24.1 Å². The summed E-state index contributed by atoms with van der Waals surface area (Å²) in [7, 11) is 1.24. The van der Waals surface area contributed by atoms with Gasteiger partial charge in [0.2, 0.25) is 5.91 Å². The van der Waals surface area contributed by atoms with Crippen LogP contribution in [0.3, 0.4) is 0 Å². The molecule has 228 valence electrons. The van der Waals surface area contributed by atoms with Crippen LogP contribution in [0.4, 0.5) is 4.79 Å². The van der Waals surface area contributed by atoms with Gasteiger partial charge in [-0.2, -0.15) is 0 Å². The maximum Gasteiger partial charge on any atom is 0.328 e. The Hall–Kier alpha value is -3.57. The minimum atomic E-state index is -1.66. The molecule has 0 radical (unpaired) electrons. The molecule has 2 aromatic rings. The van der Waals surface area contributed by atoms with Gasteiger partial charge in [0, 0.05) is 11.3 Å². The number of amides is 4. The smallest absolute Gasteiger partial charge is 0.328 e. The van der Waals surface area contributed by atoms with Gasteiger partial charge in [-0.15, -0.1) is 11.8 Å². The summed E-state index contributed by atoms with van der Waals surface area (Å²) >= 11 is 1.44. The molecule has 1 saturated heterocycles. The molecule has 1 aliphatic rings. The summed E-state index contributed by atoms with van der Waals surface area (Å²) in [6.45, 7) is 9.58. The number of hydrogen-bond acceptors (Lipinski definition) is 7. The van der Waals surface area contributed by atoms with Crippen LogP contribution in [-0.4, -0.2) is 75.8 Å². The fraction of sp³-hybridized carbons (Fsp3) is 0.484. The van der Waals surface area contributed by atoms with E-state index in [1.165, 1.54) is 23.8 Å². The molecule has 0 saturated carbocycles. The number of aliphatic hydroxyl groups is 1. The van der Waals surface area contributed by atoms with E-state index in [1.807, 2.05) is 75.4 Å². The van der Waals surface area contributed by atoms with Crippen LogP contribution < -0.4 is 16.0 Å². The van der Waals surface area contributed by atoms with Crippen LogP contribution in [-0.2, 0) is 32.1 Å². The molecule has 3 rings (SSSR count). The first-order chi connectivity index (χ1) is 19.9.